The number of nitrogens with zero attached hydrogens (tertiary/aromatic N) is 2. The summed E-state index contributed by atoms with van der Waals surface area (Å²) in [4.78, 5) is 5.16. The SMILES string of the molecule is C1=CC[C]([Zr+2](=[C](c2ccccc2)c2ccccc2)[CH]2c3cc(N(Cc4ccccc4)Cc4ccccc4)ccc3-c3ccc(N(Cc4ccccc4)Cc4ccccc4)cc32)=C1.[Cl-].[Cl-]. The number of hydrogen-bond acceptors (Lipinski definition) is 2. The summed E-state index contributed by atoms with van der Waals surface area (Å²) in [5, 5.41) is 0. The Morgan fingerprint density at radius 2 is 0.766 bits per heavy atom. The van der Waals surface area contributed by atoms with Crippen LogP contribution in [0.3, 0.4) is 0 Å². The van der Waals surface area contributed by atoms with Crippen LogP contribution in [0.4, 0.5) is 11.4 Å². The van der Waals surface area contributed by atoms with Gasteiger partial charge in [0.15, 0.2) is 0 Å². The molecule has 0 atom stereocenters. The van der Waals surface area contributed by atoms with E-state index < -0.39 is 21.3 Å². The number of rotatable bonds is 14. The Balaban J connectivity index is 0.00000280. The van der Waals surface area contributed by atoms with Crippen LogP contribution in [-0.4, -0.2) is 3.21 Å². The Morgan fingerprint density at radius 1 is 0.422 bits per heavy atom. The van der Waals surface area contributed by atoms with Crippen molar-refractivity contribution in [3.8, 4) is 11.1 Å². The van der Waals surface area contributed by atoms with E-state index in [1.165, 1.54) is 67.0 Å². The molecule has 0 N–H and O–H groups in total. The van der Waals surface area contributed by atoms with Gasteiger partial charge in [-0.25, -0.2) is 0 Å². The quantitative estimate of drug-likeness (QED) is 0.110. The normalized spacial score (nSPS) is 12.1. The van der Waals surface area contributed by atoms with Crippen molar-refractivity contribution in [2.45, 2.75) is 36.2 Å². The zero-order valence-electron chi connectivity index (χ0n) is 35.8. The van der Waals surface area contributed by atoms with Gasteiger partial charge in [0.1, 0.15) is 0 Å². The van der Waals surface area contributed by atoms with Crippen molar-refractivity contribution >= 4 is 14.6 Å². The smallest absolute Gasteiger partial charge is 1.00 e. The minimum absolute atomic E-state index is 0. The van der Waals surface area contributed by atoms with Gasteiger partial charge in [-0.1, -0.05) is 0 Å². The maximum atomic E-state index is 2.59. The summed E-state index contributed by atoms with van der Waals surface area (Å²) in [5.74, 6) is 0. The topological polar surface area (TPSA) is 6.48 Å². The third-order valence-electron chi connectivity index (χ3n) is 12.4. The van der Waals surface area contributed by atoms with Crippen LogP contribution >= 0.6 is 0 Å². The van der Waals surface area contributed by atoms with Crippen LogP contribution < -0.4 is 34.6 Å². The fourth-order valence-electron chi connectivity index (χ4n) is 9.46. The Labute approximate surface area is 399 Å². The van der Waals surface area contributed by atoms with Gasteiger partial charge in [0.25, 0.3) is 0 Å². The maximum Gasteiger partial charge on any atom is -1.00 e. The van der Waals surface area contributed by atoms with E-state index in [4.69, 9.17) is 0 Å². The van der Waals surface area contributed by atoms with E-state index in [0.717, 1.165) is 32.6 Å². The van der Waals surface area contributed by atoms with E-state index in [9.17, 15) is 0 Å². The van der Waals surface area contributed by atoms with Crippen molar-refractivity contribution in [3.63, 3.8) is 0 Å². The summed E-state index contributed by atoms with van der Waals surface area (Å²) in [6.07, 6.45) is 8.20. The molecule has 10 rings (SSSR count). The second-order valence-corrected chi connectivity index (χ2v) is 22.7. The predicted molar refractivity (Wildman–Crippen MR) is 257 cm³/mol. The van der Waals surface area contributed by atoms with Gasteiger partial charge in [-0.15, -0.1) is 0 Å². The van der Waals surface area contributed by atoms with Crippen molar-refractivity contribution in [3.05, 3.63) is 284 Å². The minimum Gasteiger partial charge on any atom is -1.00 e. The molecule has 0 unspecified atom stereocenters. The van der Waals surface area contributed by atoms with Gasteiger partial charge in [0.05, 0.1) is 0 Å². The van der Waals surface area contributed by atoms with E-state index in [1.54, 1.807) is 6.49 Å². The van der Waals surface area contributed by atoms with Crippen molar-refractivity contribution in [2.75, 3.05) is 9.80 Å². The molecule has 0 aliphatic heterocycles. The molecule has 314 valence electrons. The second-order valence-electron chi connectivity index (χ2n) is 16.5. The summed E-state index contributed by atoms with van der Waals surface area (Å²) in [7, 11) is 0. The first-order valence-electron chi connectivity index (χ1n) is 21.9. The molecular formula is C59H50Cl2N2Zr. The predicted octanol–water partition coefficient (Wildman–Crippen LogP) is 7.91. The van der Waals surface area contributed by atoms with Gasteiger partial charge < -0.3 is 24.8 Å². The first-order valence-corrected chi connectivity index (χ1v) is 25.8. The third kappa shape index (κ3) is 9.94. The van der Waals surface area contributed by atoms with Crippen LogP contribution in [0, 0.1) is 0 Å². The average molecular weight is 949 g/mol. The summed E-state index contributed by atoms with van der Waals surface area (Å²) in [6.45, 7) is 3.32. The fraction of sp³-hybridized carbons (Fsp3) is 0.102. The summed E-state index contributed by atoms with van der Waals surface area (Å²) in [6, 6.07) is 81.3. The molecule has 0 fully saturated rings. The van der Waals surface area contributed by atoms with Crippen LogP contribution in [0.5, 0.6) is 0 Å². The van der Waals surface area contributed by atoms with Crippen molar-refractivity contribution < 1.29 is 46.1 Å². The van der Waals surface area contributed by atoms with Gasteiger partial charge in [-0.3, -0.25) is 0 Å². The zero-order chi connectivity index (χ0) is 41.5. The molecule has 0 amide bonds. The monoisotopic (exact) mass is 946 g/mol. The summed E-state index contributed by atoms with van der Waals surface area (Å²) in [5.41, 5.74) is 16.2. The van der Waals surface area contributed by atoms with Gasteiger partial charge >= 0.3 is 377 Å². The van der Waals surface area contributed by atoms with Gasteiger partial charge in [0, 0.05) is 0 Å². The molecule has 0 spiro atoms. The number of anilines is 2. The second kappa shape index (κ2) is 21.2. The Kier molecular flexibility index (Phi) is 14.9. The molecule has 64 heavy (non-hydrogen) atoms. The molecule has 0 saturated heterocycles. The Hall–Kier alpha value is -5.83. The van der Waals surface area contributed by atoms with Crippen molar-refractivity contribution in [1.82, 2.24) is 0 Å². The first kappa shape index (κ1) is 44.8. The summed E-state index contributed by atoms with van der Waals surface area (Å²) >= 11 is -2.98. The molecule has 0 aromatic heterocycles. The van der Waals surface area contributed by atoms with Crippen LogP contribution in [0.15, 0.2) is 240 Å². The minimum atomic E-state index is -2.98. The first-order chi connectivity index (χ1) is 30.7. The van der Waals surface area contributed by atoms with Crippen LogP contribution in [0.25, 0.3) is 11.1 Å². The van der Waals surface area contributed by atoms with E-state index in [1.807, 2.05) is 0 Å². The number of fused-ring (bicyclic) bond motifs is 3. The van der Waals surface area contributed by atoms with Crippen LogP contribution in [-0.2, 0) is 47.4 Å². The van der Waals surface area contributed by atoms with Gasteiger partial charge in [0.2, 0.25) is 0 Å². The van der Waals surface area contributed by atoms with Gasteiger partial charge in [-0.2, -0.15) is 0 Å². The fourth-order valence-corrected chi connectivity index (χ4v) is 18.4. The largest absolute Gasteiger partial charge is 1.00 e. The number of allylic oxidation sites excluding steroid dienone is 4. The van der Waals surface area contributed by atoms with E-state index in [-0.39, 0.29) is 28.4 Å². The molecule has 0 radical (unpaired) electrons. The molecule has 0 saturated carbocycles. The molecule has 2 aliphatic rings. The van der Waals surface area contributed by atoms with E-state index in [2.05, 4.69) is 246 Å². The van der Waals surface area contributed by atoms with Crippen LogP contribution in [0.2, 0.25) is 0 Å². The number of halogens is 2. The average Bonchev–Trinajstić information content (AvgIpc) is 3.99. The van der Waals surface area contributed by atoms with Gasteiger partial charge in [-0.05, 0) is 0 Å². The maximum absolute atomic E-state index is 2.98. The number of hydrogen-bond donors (Lipinski definition) is 0. The molecular weight excluding hydrogens is 899 g/mol. The molecule has 2 nitrogen and oxygen atoms in total. The third-order valence-corrected chi connectivity index (χ3v) is 20.7. The standard InChI is InChI=1S/C41H35N2.C13H10.C5H5.2ClH.Zr/c1-5-13-32(14-6-1)28-42(29-33-15-7-2-8-16-33)38-21-23-40-36(26-38)25-37-27-39(22-24-41(37)40)43(30-34-17-9-3-10-18-34)31-35-19-11-4-12-20-35;1-3-7-12(8-4-1)11-13-9-5-2-6-10-13;1-2-4-5-3-1;;;/h1-27H,28-31H2;1-10H;1-3H,4H2;2*1H;/q;;;;;+2/p-2. The molecule has 0 heterocycles. The molecule has 8 aromatic rings. The molecule has 0 bridgehead atoms. The number of benzene rings is 8. The Bertz CT molecular complexity index is 2600. The Morgan fingerprint density at radius 3 is 1.09 bits per heavy atom. The van der Waals surface area contributed by atoms with Crippen molar-refractivity contribution in [1.29, 1.82) is 0 Å². The molecule has 5 heteroatoms. The van der Waals surface area contributed by atoms with E-state index in [0.29, 0.717) is 0 Å². The summed E-state index contributed by atoms with van der Waals surface area (Å²) < 4.78 is 3.47. The molecule has 8 aromatic carbocycles. The van der Waals surface area contributed by atoms with E-state index >= 15 is 0 Å². The van der Waals surface area contributed by atoms with Crippen molar-refractivity contribution in [2.24, 2.45) is 0 Å². The zero-order valence-corrected chi connectivity index (χ0v) is 39.7. The molecule has 2 aliphatic carbocycles. The van der Waals surface area contributed by atoms with Crippen LogP contribution in [0.1, 0.15) is 54.6 Å².